The van der Waals surface area contributed by atoms with Gasteiger partial charge in [-0.15, -0.1) is 0 Å². The van der Waals surface area contributed by atoms with E-state index in [1.807, 2.05) is 0 Å². The number of hydrogen-bond acceptors (Lipinski definition) is 1. The molecular weight excluding hydrogens is 54.0 g/mol. The Morgan fingerprint density at radius 1 is 2.00 bits per heavy atom. The molecule has 0 saturated heterocycles. The Bertz CT molecular complexity index is 57.1. The third-order valence-corrected chi connectivity index (χ3v) is 0.332. The van der Waals surface area contributed by atoms with E-state index in [1.165, 1.54) is 0 Å². The second-order valence-electron chi connectivity index (χ2n) is 0.782. The van der Waals surface area contributed by atoms with Gasteiger partial charge >= 0.3 is 0 Å². The maximum atomic E-state index is 9.42. The molecule has 0 aliphatic carbocycles. The molecule has 0 atom stereocenters. The van der Waals surface area contributed by atoms with E-state index in [9.17, 15) is 5.21 Å². The lowest BCUT2D eigenvalue weighted by molar-refractivity contribution is -0.359. The topological polar surface area (TPSA) is 26.1 Å². The maximum Gasteiger partial charge on any atom is 0.230 e. The summed E-state index contributed by atoms with van der Waals surface area (Å²) in [5, 5.41) is 9.42. The average Bonchev–Trinajstić information content (AvgIpc) is 1.75. The third-order valence-electron chi connectivity index (χ3n) is 0.332. The van der Waals surface area contributed by atoms with Gasteiger partial charge in [0.1, 0.15) is 0 Å². The first-order valence-electron chi connectivity index (χ1n) is 1.17. The van der Waals surface area contributed by atoms with E-state index < -0.39 is 0 Å². The van der Waals surface area contributed by atoms with Crippen LogP contribution in [-0.2, 0) is 0 Å². The Labute approximate surface area is 24.0 Å². The summed E-state index contributed by atoms with van der Waals surface area (Å²) >= 11 is 0. The summed E-state index contributed by atoms with van der Waals surface area (Å²) in [5.41, 5.74) is 0. The fourth-order valence-corrected chi connectivity index (χ4v) is 0.0333. The van der Waals surface area contributed by atoms with Crippen LogP contribution in [0.4, 0.5) is 0 Å². The summed E-state index contributed by atoms with van der Waals surface area (Å²) in [5.74, 6) is 0. The molecule has 1 rings (SSSR count). The molecule has 4 heavy (non-hydrogen) atoms. The van der Waals surface area contributed by atoms with Gasteiger partial charge < -0.3 is 5.21 Å². The highest BCUT2D eigenvalue weighted by atomic mass is 16.5. The highest BCUT2D eigenvalue weighted by Gasteiger charge is 2.02. The largest absolute Gasteiger partial charge is 0.623 e. The average molecular weight is 57.1 g/mol. The van der Waals surface area contributed by atoms with Gasteiger partial charge in [0.15, 0.2) is 0 Å². The monoisotopic (exact) mass is 57.0 g/mol. The zero-order valence-corrected chi connectivity index (χ0v) is 2.14. The first-order chi connectivity index (χ1) is 1.89. The smallest absolute Gasteiger partial charge is 0.230 e. The minimum Gasteiger partial charge on any atom is -0.623 e. The molecule has 0 aromatic carbocycles. The fourth-order valence-electron chi connectivity index (χ4n) is 0.0333. The quantitative estimate of drug-likeness (QED) is 0.274. The van der Waals surface area contributed by atoms with Crippen LogP contribution in [0.5, 0.6) is 0 Å². The van der Waals surface area contributed by atoms with Gasteiger partial charge in [0.25, 0.3) is 0 Å². The summed E-state index contributed by atoms with van der Waals surface area (Å²) in [7, 11) is 0. The van der Waals surface area contributed by atoms with Crippen LogP contribution >= 0.6 is 0 Å². The molecule has 0 aromatic rings. The Balaban J connectivity index is 2.54. The summed E-state index contributed by atoms with van der Waals surface area (Å²) < 4.78 is 0.875. The number of rotatable bonds is 0. The molecule has 0 aromatic heterocycles. The minimum absolute atomic E-state index is 0.639. The molecule has 0 spiro atoms. The van der Waals surface area contributed by atoms with E-state index in [0.29, 0.717) is 6.54 Å². The van der Waals surface area contributed by atoms with Crippen molar-refractivity contribution in [3.05, 3.63) is 5.21 Å². The summed E-state index contributed by atoms with van der Waals surface area (Å²) in [6.45, 7) is 0.639. The molecule has 2 nitrogen and oxygen atoms in total. The highest BCUT2D eigenvalue weighted by molar-refractivity contribution is 5.60. The molecule has 0 fully saturated rings. The second kappa shape index (κ2) is 0.267. The molecular formula is C2H3NO. The molecule has 0 saturated carbocycles. The van der Waals surface area contributed by atoms with Gasteiger partial charge in [0.2, 0.25) is 12.8 Å². The molecule has 2 heteroatoms. The first kappa shape index (κ1) is 1.76. The van der Waals surface area contributed by atoms with E-state index in [4.69, 9.17) is 0 Å². The van der Waals surface area contributed by atoms with Crippen LogP contribution in [-0.4, -0.2) is 17.5 Å². The van der Waals surface area contributed by atoms with Crippen LogP contribution in [0, 0.1) is 5.21 Å². The van der Waals surface area contributed by atoms with E-state index >= 15 is 0 Å². The third kappa shape index (κ3) is 0.0532. The zero-order chi connectivity index (χ0) is 2.99. The molecule has 1 aliphatic heterocycles. The SMILES string of the molecule is [O-][N+]1=CC1. The van der Waals surface area contributed by atoms with Crippen molar-refractivity contribution >= 4 is 6.21 Å². The lowest BCUT2D eigenvalue weighted by atomic mass is 11.0. The summed E-state index contributed by atoms with van der Waals surface area (Å²) in [6, 6.07) is 0. The molecule has 0 radical (unpaired) electrons. The van der Waals surface area contributed by atoms with Crippen molar-refractivity contribution in [2.45, 2.75) is 0 Å². The van der Waals surface area contributed by atoms with E-state index in [0.717, 1.165) is 4.74 Å². The van der Waals surface area contributed by atoms with Gasteiger partial charge in [-0.3, -0.25) is 0 Å². The van der Waals surface area contributed by atoms with Crippen molar-refractivity contribution in [3.8, 4) is 0 Å². The molecule has 0 N–H and O–H groups in total. The Morgan fingerprint density at radius 3 is 2.25 bits per heavy atom. The van der Waals surface area contributed by atoms with Crippen LogP contribution < -0.4 is 0 Å². The van der Waals surface area contributed by atoms with Gasteiger partial charge in [0.05, 0.1) is 0 Å². The Hall–Kier alpha value is -0.530. The van der Waals surface area contributed by atoms with Crippen LogP contribution in [0.1, 0.15) is 0 Å². The molecule has 1 aliphatic rings. The van der Waals surface area contributed by atoms with E-state index in [-0.39, 0.29) is 0 Å². The lowest BCUT2D eigenvalue weighted by Gasteiger charge is -1.69. The second-order valence-corrected chi connectivity index (χ2v) is 0.782. The van der Waals surface area contributed by atoms with Gasteiger partial charge in [-0.05, 0) is 0 Å². The summed E-state index contributed by atoms with van der Waals surface area (Å²) in [4.78, 5) is 0. The number of hydroxylamine groups is 1. The van der Waals surface area contributed by atoms with Crippen molar-refractivity contribution in [2.24, 2.45) is 0 Å². The fraction of sp³-hybridized carbons (Fsp3) is 0.500. The van der Waals surface area contributed by atoms with Gasteiger partial charge in [-0.25, -0.2) is 0 Å². The Morgan fingerprint density at radius 2 is 2.25 bits per heavy atom. The van der Waals surface area contributed by atoms with Crippen molar-refractivity contribution in [1.82, 2.24) is 0 Å². The van der Waals surface area contributed by atoms with E-state index in [1.54, 1.807) is 6.21 Å². The normalized spacial score (nSPS) is 19.5. The molecule has 0 bridgehead atoms. The van der Waals surface area contributed by atoms with Crippen LogP contribution in [0.3, 0.4) is 0 Å². The molecule has 0 amide bonds. The van der Waals surface area contributed by atoms with Crippen molar-refractivity contribution in [2.75, 3.05) is 6.54 Å². The molecule has 0 unspecified atom stereocenters. The zero-order valence-electron chi connectivity index (χ0n) is 2.14. The van der Waals surface area contributed by atoms with Crippen molar-refractivity contribution in [3.63, 3.8) is 0 Å². The van der Waals surface area contributed by atoms with Gasteiger partial charge in [-0.2, -0.15) is 4.74 Å². The number of hydrogen-bond donors (Lipinski definition) is 0. The van der Waals surface area contributed by atoms with E-state index in [2.05, 4.69) is 0 Å². The predicted molar refractivity (Wildman–Crippen MR) is 14.6 cm³/mol. The predicted octanol–water partition coefficient (Wildman–Crippen LogP) is -0.419. The van der Waals surface area contributed by atoms with Crippen LogP contribution in [0.25, 0.3) is 0 Å². The van der Waals surface area contributed by atoms with Gasteiger partial charge in [-0.1, -0.05) is 0 Å². The Kier molecular flexibility index (Phi) is 0.117. The molecule has 1 heterocycles. The maximum absolute atomic E-state index is 9.42. The van der Waals surface area contributed by atoms with Gasteiger partial charge in [0, 0.05) is 0 Å². The molecule has 22 valence electrons. The van der Waals surface area contributed by atoms with Crippen molar-refractivity contribution < 1.29 is 4.74 Å². The summed E-state index contributed by atoms with van der Waals surface area (Å²) in [6.07, 6.45) is 1.57. The lowest BCUT2D eigenvalue weighted by Crippen LogP contribution is -1.64. The van der Waals surface area contributed by atoms with Crippen LogP contribution in [0.15, 0.2) is 0 Å². The minimum atomic E-state index is 0.639. The standard InChI is InChI=1S/C2H3NO/c4-3-1-2-3/h1H,2H2. The van der Waals surface area contributed by atoms with Crippen LogP contribution in [0.2, 0.25) is 0 Å². The first-order valence-corrected chi connectivity index (χ1v) is 1.17. The van der Waals surface area contributed by atoms with Crippen molar-refractivity contribution in [1.29, 1.82) is 0 Å². The highest BCUT2D eigenvalue weighted by Crippen LogP contribution is 1.75. The number of nitrogens with zero attached hydrogens (tertiary/aromatic N) is 1.